The largest absolute Gasteiger partial charge is 0.371 e. The van der Waals surface area contributed by atoms with Gasteiger partial charge in [-0.05, 0) is 17.5 Å². The average molecular weight is 242 g/mol. The van der Waals surface area contributed by atoms with E-state index in [1.807, 2.05) is 12.1 Å². The summed E-state index contributed by atoms with van der Waals surface area (Å²) in [6, 6.07) is 9.70. The zero-order valence-corrected chi connectivity index (χ0v) is 9.95. The Balaban J connectivity index is 1.91. The Kier molecular flexibility index (Phi) is 2.94. The van der Waals surface area contributed by atoms with Crippen LogP contribution in [0.4, 0.5) is 0 Å². The van der Waals surface area contributed by atoms with Crippen molar-refractivity contribution >= 4 is 0 Å². The molecule has 18 heavy (non-hydrogen) atoms. The number of aromatic nitrogens is 2. The summed E-state index contributed by atoms with van der Waals surface area (Å²) < 4.78 is 7.37. The SMILES string of the molecule is O=c1ccncn1CC1OCCc2ccccc21. The van der Waals surface area contributed by atoms with E-state index in [9.17, 15) is 4.79 Å². The highest BCUT2D eigenvalue weighted by molar-refractivity contribution is 5.30. The lowest BCUT2D eigenvalue weighted by atomic mass is 9.97. The van der Waals surface area contributed by atoms with Gasteiger partial charge in [-0.2, -0.15) is 0 Å². The highest BCUT2D eigenvalue weighted by Gasteiger charge is 2.20. The third-order valence-corrected chi connectivity index (χ3v) is 3.25. The molecule has 0 spiro atoms. The van der Waals surface area contributed by atoms with Crippen molar-refractivity contribution < 1.29 is 4.74 Å². The van der Waals surface area contributed by atoms with Crippen molar-refractivity contribution in [1.82, 2.24) is 9.55 Å². The van der Waals surface area contributed by atoms with Gasteiger partial charge in [0.1, 0.15) is 6.10 Å². The van der Waals surface area contributed by atoms with E-state index in [4.69, 9.17) is 4.74 Å². The minimum atomic E-state index is -0.0585. The highest BCUT2D eigenvalue weighted by atomic mass is 16.5. The van der Waals surface area contributed by atoms with Gasteiger partial charge < -0.3 is 4.74 Å². The molecule has 0 amide bonds. The minimum absolute atomic E-state index is 0.0448. The second-order valence-electron chi connectivity index (χ2n) is 4.38. The maximum absolute atomic E-state index is 11.7. The molecule has 0 fully saturated rings. The summed E-state index contributed by atoms with van der Waals surface area (Å²) in [4.78, 5) is 15.6. The van der Waals surface area contributed by atoms with Gasteiger partial charge >= 0.3 is 0 Å². The predicted octanol–water partition coefficient (Wildman–Crippen LogP) is 1.56. The van der Waals surface area contributed by atoms with Gasteiger partial charge in [0.25, 0.3) is 5.56 Å². The van der Waals surface area contributed by atoms with Gasteiger partial charge in [0.2, 0.25) is 0 Å². The van der Waals surface area contributed by atoms with Gasteiger partial charge in [0, 0.05) is 12.3 Å². The Morgan fingerprint density at radius 1 is 1.33 bits per heavy atom. The Morgan fingerprint density at radius 2 is 2.22 bits per heavy atom. The van der Waals surface area contributed by atoms with E-state index in [0.29, 0.717) is 13.2 Å². The van der Waals surface area contributed by atoms with E-state index in [1.165, 1.54) is 23.4 Å². The van der Waals surface area contributed by atoms with Gasteiger partial charge in [-0.3, -0.25) is 9.36 Å². The molecule has 1 aromatic carbocycles. The number of hydrogen-bond donors (Lipinski definition) is 0. The summed E-state index contributed by atoms with van der Waals surface area (Å²) in [5.41, 5.74) is 2.45. The molecule has 3 rings (SSSR count). The molecule has 0 N–H and O–H groups in total. The molecular formula is C14H14N2O2. The first-order valence-corrected chi connectivity index (χ1v) is 6.04. The first kappa shape index (κ1) is 11.2. The Labute approximate surface area is 105 Å². The number of fused-ring (bicyclic) bond motifs is 1. The molecule has 1 aliphatic rings. The van der Waals surface area contributed by atoms with Gasteiger partial charge in [-0.15, -0.1) is 0 Å². The van der Waals surface area contributed by atoms with E-state index in [2.05, 4.69) is 17.1 Å². The molecule has 1 aromatic heterocycles. The molecule has 0 aliphatic carbocycles. The van der Waals surface area contributed by atoms with E-state index in [-0.39, 0.29) is 11.7 Å². The van der Waals surface area contributed by atoms with Crippen LogP contribution >= 0.6 is 0 Å². The zero-order chi connectivity index (χ0) is 12.4. The molecule has 1 atom stereocenters. The first-order chi connectivity index (χ1) is 8.84. The fraction of sp³-hybridized carbons (Fsp3) is 0.286. The lowest BCUT2D eigenvalue weighted by Crippen LogP contribution is -2.26. The molecule has 0 radical (unpaired) electrons. The molecule has 0 saturated carbocycles. The maximum Gasteiger partial charge on any atom is 0.253 e. The fourth-order valence-electron chi connectivity index (χ4n) is 2.32. The number of ether oxygens (including phenoxy) is 1. The van der Waals surface area contributed by atoms with Crippen molar-refractivity contribution in [2.24, 2.45) is 0 Å². The van der Waals surface area contributed by atoms with Crippen molar-refractivity contribution in [3.05, 3.63) is 64.3 Å². The van der Waals surface area contributed by atoms with Crippen LogP contribution in [0.25, 0.3) is 0 Å². The van der Waals surface area contributed by atoms with Crippen LogP contribution in [-0.4, -0.2) is 16.2 Å². The van der Waals surface area contributed by atoms with E-state index in [1.54, 1.807) is 10.9 Å². The van der Waals surface area contributed by atoms with Crippen LogP contribution < -0.4 is 5.56 Å². The van der Waals surface area contributed by atoms with Gasteiger partial charge in [0.05, 0.1) is 19.5 Å². The van der Waals surface area contributed by atoms with Crippen molar-refractivity contribution in [2.45, 2.75) is 19.1 Å². The van der Waals surface area contributed by atoms with Crippen LogP contribution in [0.1, 0.15) is 17.2 Å². The van der Waals surface area contributed by atoms with Gasteiger partial charge in [-0.1, -0.05) is 24.3 Å². The second-order valence-corrected chi connectivity index (χ2v) is 4.38. The molecule has 92 valence electrons. The van der Waals surface area contributed by atoms with Gasteiger partial charge in [-0.25, -0.2) is 4.98 Å². The minimum Gasteiger partial charge on any atom is -0.371 e. The van der Waals surface area contributed by atoms with E-state index >= 15 is 0 Å². The summed E-state index contributed by atoms with van der Waals surface area (Å²) in [7, 11) is 0. The second kappa shape index (κ2) is 4.74. The van der Waals surface area contributed by atoms with Crippen molar-refractivity contribution in [2.75, 3.05) is 6.61 Å². The van der Waals surface area contributed by atoms with Crippen molar-refractivity contribution in [3.63, 3.8) is 0 Å². The summed E-state index contributed by atoms with van der Waals surface area (Å²) in [6.45, 7) is 1.22. The predicted molar refractivity (Wildman–Crippen MR) is 67.3 cm³/mol. The Morgan fingerprint density at radius 3 is 3.11 bits per heavy atom. The molecule has 1 aliphatic heterocycles. The molecule has 0 saturated heterocycles. The molecular weight excluding hydrogens is 228 g/mol. The lowest BCUT2D eigenvalue weighted by molar-refractivity contribution is 0.0297. The molecule has 2 heterocycles. The summed E-state index contributed by atoms with van der Waals surface area (Å²) in [5, 5.41) is 0. The van der Waals surface area contributed by atoms with Crippen molar-refractivity contribution in [1.29, 1.82) is 0 Å². The number of hydrogen-bond acceptors (Lipinski definition) is 3. The smallest absolute Gasteiger partial charge is 0.253 e. The Hall–Kier alpha value is -1.94. The molecule has 4 nitrogen and oxygen atoms in total. The molecule has 0 bridgehead atoms. The third-order valence-electron chi connectivity index (χ3n) is 3.25. The zero-order valence-electron chi connectivity index (χ0n) is 9.95. The normalized spacial score (nSPS) is 18.3. The summed E-state index contributed by atoms with van der Waals surface area (Å²) >= 11 is 0. The standard InChI is InChI=1S/C14H14N2O2/c17-14-5-7-15-10-16(14)9-13-12-4-2-1-3-11(12)6-8-18-13/h1-5,7,10,13H,6,8-9H2. The number of rotatable bonds is 2. The van der Waals surface area contributed by atoms with Gasteiger partial charge in [0.15, 0.2) is 0 Å². The Bertz CT molecular complexity index is 606. The molecule has 1 unspecified atom stereocenters. The maximum atomic E-state index is 11.7. The average Bonchev–Trinajstić information content (AvgIpc) is 2.42. The lowest BCUT2D eigenvalue weighted by Gasteiger charge is -2.26. The van der Waals surface area contributed by atoms with Crippen LogP contribution in [0.15, 0.2) is 47.7 Å². The van der Waals surface area contributed by atoms with Crippen LogP contribution in [0.2, 0.25) is 0 Å². The highest BCUT2D eigenvalue weighted by Crippen LogP contribution is 2.27. The quantitative estimate of drug-likeness (QED) is 0.802. The van der Waals surface area contributed by atoms with Crippen molar-refractivity contribution in [3.8, 4) is 0 Å². The molecule has 4 heteroatoms. The third kappa shape index (κ3) is 2.07. The van der Waals surface area contributed by atoms with Crippen LogP contribution in [0.3, 0.4) is 0 Å². The summed E-state index contributed by atoms with van der Waals surface area (Å²) in [5.74, 6) is 0. The fourth-order valence-corrected chi connectivity index (χ4v) is 2.32. The topological polar surface area (TPSA) is 44.1 Å². The number of benzene rings is 1. The van der Waals surface area contributed by atoms with E-state index in [0.717, 1.165) is 6.42 Å². The van der Waals surface area contributed by atoms with E-state index < -0.39 is 0 Å². The van der Waals surface area contributed by atoms with Crippen LogP contribution in [0, 0.1) is 0 Å². The summed E-state index contributed by atoms with van der Waals surface area (Å²) in [6.07, 6.45) is 3.95. The monoisotopic (exact) mass is 242 g/mol. The first-order valence-electron chi connectivity index (χ1n) is 6.04. The molecule has 2 aromatic rings. The van der Waals surface area contributed by atoms with Crippen LogP contribution in [0.5, 0.6) is 0 Å². The van der Waals surface area contributed by atoms with Crippen LogP contribution in [-0.2, 0) is 17.7 Å². The number of nitrogens with zero attached hydrogens (tertiary/aromatic N) is 2.